The van der Waals surface area contributed by atoms with Crippen LogP contribution in [0.15, 0.2) is 21.1 Å². The lowest BCUT2D eigenvalue weighted by Crippen LogP contribution is -2.19. The predicted octanol–water partition coefficient (Wildman–Crippen LogP) is 4.12. The number of halogens is 2. The number of rotatable bonds is 1. The Balaban J connectivity index is 2.40. The van der Waals surface area contributed by atoms with E-state index < -0.39 is 0 Å². The van der Waals surface area contributed by atoms with Crippen molar-refractivity contribution in [2.45, 2.75) is 19.8 Å². The molecular formula is C11H13Br2N. The summed E-state index contributed by atoms with van der Waals surface area (Å²) in [5, 5.41) is 0. The Morgan fingerprint density at radius 3 is 2.36 bits per heavy atom. The van der Waals surface area contributed by atoms with Crippen LogP contribution in [0.5, 0.6) is 0 Å². The van der Waals surface area contributed by atoms with Crippen LogP contribution in [-0.2, 0) is 0 Å². The molecule has 1 aliphatic heterocycles. The van der Waals surface area contributed by atoms with Crippen molar-refractivity contribution in [1.29, 1.82) is 0 Å². The Bertz CT molecular complexity index is 320. The highest BCUT2D eigenvalue weighted by atomic mass is 79.9. The average Bonchev–Trinajstić information content (AvgIpc) is 2.54. The summed E-state index contributed by atoms with van der Waals surface area (Å²) in [6.07, 6.45) is 2.64. The van der Waals surface area contributed by atoms with Crippen LogP contribution in [0, 0.1) is 6.92 Å². The Hall–Kier alpha value is -0.0200. The molecule has 0 bridgehead atoms. The van der Waals surface area contributed by atoms with Crippen LogP contribution < -0.4 is 4.90 Å². The Morgan fingerprint density at radius 1 is 1.14 bits per heavy atom. The van der Waals surface area contributed by atoms with Crippen molar-refractivity contribution < 1.29 is 0 Å². The lowest BCUT2D eigenvalue weighted by Gasteiger charge is -2.22. The molecule has 3 heteroatoms. The van der Waals surface area contributed by atoms with Gasteiger partial charge < -0.3 is 4.90 Å². The summed E-state index contributed by atoms with van der Waals surface area (Å²) in [6.45, 7) is 4.56. The molecule has 0 spiro atoms. The fourth-order valence-corrected chi connectivity index (χ4v) is 3.73. The maximum Gasteiger partial charge on any atom is 0.0541 e. The van der Waals surface area contributed by atoms with Gasteiger partial charge in [-0.15, -0.1) is 0 Å². The highest BCUT2D eigenvalue weighted by Gasteiger charge is 2.17. The number of aryl methyl sites for hydroxylation is 1. The van der Waals surface area contributed by atoms with E-state index in [4.69, 9.17) is 0 Å². The predicted molar refractivity (Wildman–Crippen MR) is 68.0 cm³/mol. The van der Waals surface area contributed by atoms with Crippen molar-refractivity contribution >= 4 is 37.5 Å². The van der Waals surface area contributed by atoms with Crippen molar-refractivity contribution in [3.8, 4) is 0 Å². The first-order chi connectivity index (χ1) is 6.68. The second kappa shape index (κ2) is 4.23. The second-order valence-corrected chi connectivity index (χ2v) is 5.52. The molecule has 1 aromatic carbocycles. The summed E-state index contributed by atoms with van der Waals surface area (Å²) >= 11 is 7.14. The van der Waals surface area contributed by atoms with E-state index in [1.54, 1.807) is 0 Å². The molecule has 0 N–H and O–H groups in total. The van der Waals surface area contributed by atoms with Gasteiger partial charge in [-0.2, -0.15) is 0 Å². The number of nitrogens with zero attached hydrogens (tertiary/aromatic N) is 1. The van der Waals surface area contributed by atoms with Gasteiger partial charge in [0.2, 0.25) is 0 Å². The van der Waals surface area contributed by atoms with E-state index in [9.17, 15) is 0 Å². The number of hydrogen-bond acceptors (Lipinski definition) is 1. The molecule has 76 valence electrons. The van der Waals surface area contributed by atoms with Crippen molar-refractivity contribution in [3.05, 3.63) is 26.6 Å². The third-order valence-corrected chi connectivity index (χ3v) is 3.70. The normalized spacial score (nSPS) is 16.4. The highest BCUT2D eigenvalue weighted by Crippen LogP contribution is 2.34. The maximum absolute atomic E-state index is 3.64. The molecule has 0 aliphatic carbocycles. The van der Waals surface area contributed by atoms with E-state index in [0.717, 1.165) is 4.47 Å². The molecule has 1 heterocycles. The summed E-state index contributed by atoms with van der Waals surface area (Å²) in [7, 11) is 0. The van der Waals surface area contributed by atoms with Gasteiger partial charge in [-0.25, -0.2) is 0 Å². The summed E-state index contributed by atoms with van der Waals surface area (Å²) in [5.41, 5.74) is 2.71. The lowest BCUT2D eigenvalue weighted by atomic mass is 10.2. The molecule has 1 fully saturated rings. The van der Waals surface area contributed by atoms with E-state index in [1.165, 1.54) is 41.7 Å². The highest BCUT2D eigenvalue weighted by molar-refractivity contribution is 9.11. The van der Waals surface area contributed by atoms with E-state index in [2.05, 4.69) is 55.8 Å². The van der Waals surface area contributed by atoms with Crippen LogP contribution in [0.4, 0.5) is 5.69 Å². The number of benzene rings is 1. The molecule has 14 heavy (non-hydrogen) atoms. The van der Waals surface area contributed by atoms with Gasteiger partial charge in [0.05, 0.1) is 5.69 Å². The van der Waals surface area contributed by atoms with Crippen LogP contribution >= 0.6 is 31.9 Å². The Labute approximate surface area is 102 Å². The van der Waals surface area contributed by atoms with Gasteiger partial charge in [0.25, 0.3) is 0 Å². The van der Waals surface area contributed by atoms with E-state index >= 15 is 0 Å². The van der Waals surface area contributed by atoms with Crippen LogP contribution in [-0.4, -0.2) is 13.1 Å². The first kappa shape index (κ1) is 10.5. The van der Waals surface area contributed by atoms with E-state index in [0.29, 0.717) is 0 Å². The van der Waals surface area contributed by atoms with Gasteiger partial charge >= 0.3 is 0 Å². The first-order valence-electron chi connectivity index (χ1n) is 4.89. The maximum atomic E-state index is 3.64. The molecular weight excluding hydrogens is 306 g/mol. The molecule has 0 amide bonds. The largest absolute Gasteiger partial charge is 0.370 e. The topological polar surface area (TPSA) is 3.24 Å². The summed E-state index contributed by atoms with van der Waals surface area (Å²) in [6, 6.07) is 4.30. The summed E-state index contributed by atoms with van der Waals surface area (Å²) < 4.78 is 2.34. The van der Waals surface area contributed by atoms with Crippen molar-refractivity contribution in [2.75, 3.05) is 18.0 Å². The number of anilines is 1. The van der Waals surface area contributed by atoms with Crippen LogP contribution in [0.2, 0.25) is 0 Å². The van der Waals surface area contributed by atoms with Gasteiger partial charge in [0.15, 0.2) is 0 Å². The fraction of sp³-hybridized carbons (Fsp3) is 0.455. The minimum atomic E-state index is 1.14. The Morgan fingerprint density at radius 2 is 1.79 bits per heavy atom. The van der Waals surface area contributed by atoms with Crippen molar-refractivity contribution in [3.63, 3.8) is 0 Å². The molecule has 1 nitrogen and oxygen atoms in total. The first-order valence-corrected chi connectivity index (χ1v) is 6.47. The fourth-order valence-electron chi connectivity index (χ4n) is 2.04. The smallest absolute Gasteiger partial charge is 0.0541 e. The van der Waals surface area contributed by atoms with Crippen molar-refractivity contribution in [2.24, 2.45) is 0 Å². The zero-order valence-electron chi connectivity index (χ0n) is 8.19. The van der Waals surface area contributed by atoms with Crippen molar-refractivity contribution in [1.82, 2.24) is 0 Å². The SMILES string of the molecule is Cc1cc(Br)cc(Br)c1N1CCCC1. The second-order valence-electron chi connectivity index (χ2n) is 3.75. The standard InChI is InChI=1S/C11H13Br2N/c1-8-6-9(12)7-10(13)11(8)14-4-2-3-5-14/h6-7H,2-5H2,1H3. The van der Waals surface area contributed by atoms with E-state index in [1.807, 2.05) is 0 Å². The third-order valence-electron chi connectivity index (χ3n) is 2.64. The monoisotopic (exact) mass is 317 g/mol. The minimum Gasteiger partial charge on any atom is -0.370 e. The van der Waals surface area contributed by atoms with E-state index in [-0.39, 0.29) is 0 Å². The zero-order chi connectivity index (χ0) is 10.1. The molecule has 0 atom stereocenters. The van der Waals surface area contributed by atoms with Gasteiger partial charge in [-0.3, -0.25) is 0 Å². The summed E-state index contributed by atoms with van der Waals surface area (Å²) in [5.74, 6) is 0. The van der Waals surface area contributed by atoms with Gasteiger partial charge in [0, 0.05) is 22.0 Å². The van der Waals surface area contributed by atoms with Crippen LogP contribution in [0.25, 0.3) is 0 Å². The lowest BCUT2D eigenvalue weighted by molar-refractivity contribution is 0.949. The number of hydrogen-bond donors (Lipinski definition) is 0. The molecule has 1 aliphatic rings. The summed E-state index contributed by atoms with van der Waals surface area (Å²) in [4.78, 5) is 2.46. The van der Waals surface area contributed by atoms with Crippen LogP contribution in [0.1, 0.15) is 18.4 Å². The van der Waals surface area contributed by atoms with Gasteiger partial charge in [0.1, 0.15) is 0 Å². The third kappa shape index (κ3) is 1.98. The molecule has 2 rings (SSSR count). The van der Waals surface area contributed by atoms with Crippen LogP contribution in [0.3, 0.4) is 0 Å². The van der Waals surface area contributed by atoms with Gasteiger partial charge in [-0.1, -0.05) is 15.9 Å². The molecule has 0 radical (unpaired) electrons. The molecule has 1 aromatic rings. The minimum absolute atomic E-state index is 1.14. The Kier molecular flexibility index (Phi) is 3.17. The quantitative estimate of drug-likeness (QED) is 0.753. The average molecular weight is 319 g/mol. The molecule has 0 unspecified atom stereocenters. The zero-order valence-corrected chi connectivity index (χ0v) is 11.4. The molecule has 1 saturated heterocycles. The van der Waals surface area contributed by atoms with Gasteiger partial charge in [-0.05, 0) is 53.4 Å². The molecule has 0 aromatic heterocycles. The molecule has 0 saturated carbocycles.